The maximum absolute atomic E-state index is 12.0. The molecule has 0 fully saturated rings. The molecule has 0 saturated carbocycles. The molecule has 0 radical (unpaired) electrons. The van der Waals surface area contributed by atoms with Crippen molar-refractivity contribution >= 4 is 15.5 Å². The van der Waals surface area contributed by atoms with Crippen LogP contribution in [0, 0.1) is 10.1 Å². The van der Waals surface area contributed by atoms with Gasteiger partial charge in [0.25, 0.3) is 0 Å². The molecule has 6 nitrogen and oxygen atoms in total. The summed E-state index contributed by atoms with van der Waals surface area (Å²) in [5, 5.41) is 10.6. The van der Waals surface area contributed by atoms with Crippen LogP contribution in [0.1, 0.15) is 0 Å². The molecule has 1 aromatic carbocycles. The molecular weight excluding hydrogens is 291 g/mol. The summed E-state index contributed by atoms with van der Waals surface area (Å²) in [7, 11) is -3.71. The molecule has 19 heavy (non-hydrogen) atoms. The minimum atomic E-state index is -4.69. The quantitative estimate of drug-likeness (QED) is 0.626. The van der Waals surface area contributed by atoms with Gasteiger partial charge >= 0.3 is 11.9 Å². The molecular formula is C9H8F3NO5S. The lowest BCUT2D eigenvalue weighted by Crippen LogP contribution is -2.19. The number of hydrogen-bond acceptors (Lipinski definition) is 5. The molecule has 0 amide bonds. The Balaban J connectivity index is 3.20. The second kappa shape index (κ2) is 5.03. The van der Waals surface area contributed by atoms with Gasteiger partial charge < -0.3 is 4.74 Å². The number of benzene rings is 1. The average Bonchev–Trinajstić information content (AvgIpc) is 2.23. The number of sulfone groups is 1. The fourth-order valence-electron chi connectivity index (χ4n) is 1.15. The Labute approximate surface area is 105 Å². The minimum Gasteiger partial charge on any atom is -0.477 e. The summed E-state index contributed by atoms with van der Waals surface area (Å²) in [4.78, 5) is 9.28. The van der Waals surface area contributed by atoms with Gasteiger partial charge in [0.2, 0.25) is 0 Å². The van der Waals surface area contributed by atoms with Gasteiger partial charge in [-0.1, -0.05) is 0 Å². The summed E-state index contributed by atoms with van der Waals surface area (Å²) in [5.41, 5.74) is -0.739. The lowest BCUT2D eigenvalue weighted by molar-refractivity contribution is -0.386. The van der Waals surface area contributed by atoms with Crippen molar-refractivity contribution in [3.63, 3.8) is 0 Å². The van der Waals surface area contributed by atoms with Gasteiger partial charge in [0.1, 0.15) is 0 Å². The van der Waals surface area contributed by atoms with Crippen LogP contribution in [0.5, 0.6) is 5.75 Å². The van der Waals surface area contributed by atoms with Crippen LogP contribution in [0.15, 0.2) is 23.1 Å². The molecule has 10 heteroatoms. The summed E-state index contributed by atoms with van der Waals surface area (Å²) in [5.74, 6) is -0.745. The molecule has 0 saturated heterocycles. The maximum atomic E-state index is 12.0. The predicted molar refractivity (Wildman–Crippen MR) is 57.8 cm³/mol. The monoisotopic (exact) mass is 299 g/mol. The molecule has 106 valence electrons. The fraction of sp³-hybridized carbons (Fsp3) is 0.333. The Morgan fingerprint density at radius 1 is 1.37 bits per heavy atom. The van der Waals surface area contributed by atoms with Gasteiger partial charge in [-0.3, -0.25) is 10.1 Å². The Hall–Kier alpha value is -1.84. The predicted octanol–water partition coefficient (Wildman–Crippen LogP) is 1.94. The van der Waals surface area contributed by atoms with Crippen LogP contribution >= 0.6 is 0 Å². The van der Waals surface area contributed by atoms with E-state index < -0.39 is 39.0 Å². The summed E-state index contributed by atoms with van der Waals surface area (Å²) < 4.78 is 62.7. The van der Waals surface area contributed by atoms with E-state index in [4.69, 9.17) is 0 Å². The van der Waals surface area contributed by atoms with Crippen LogP contribution < -0.4 is 4.74 Å². The van der Waals surface area contributed by atoms with Crippen LogP contribution in [0.25, 0.3) is 0 Å². The molecule has 0 bridgehead atoms. The molecule has 0 spiro atoms. The van der Waals surface area contributed by atoms with Crippen LogP contribution in [-0.4, -0.2) is 32.4 Å². The van der Waals surface area contributed by atoms with E-state index in [9.17, 15) is 31.7 Å². The molecule has 1 aromatic rings. The fourth-order valence-corrected chi connectivity index (χ4v) is 1.79. The van der Waals surface area contributed by atoms with Crippen LogP contribution in [0.2, 0.25) is 0 Å². The van der Waals surface area contributed by atoms with Crippen molar-refractivity contribution in [2.45, 2.75) is 11.1 Å². The van der Waals surface area contributed by atoms with Gasteiger partial charge in [0.15, 0.2) is 22.2 Å². The van der Waals surface area contributed by atoms with Gasteiger partial charge in [-0.2, -0.15) is 13.2 Å². The van der Waals surface area contributed by atoms with Gasteiger partial charge in [-0.05, 0) is 6.07 Å². The summed E-state index contributed by atoms with van der Waals surface area (Å²) >= 11 is 0. The average molecular weight is 299 g/mol. The first-order chi connectivity index (χ1) is 8.50. The zero-order valence-corrected chi connectivity index (χ0v) is 10.3. The van der Waals surface area contributed by atoms with E-state index in [1.54, 1.807) is 0 Å². The van der Waals surface area contributed by atoms with E-state index in [-0.39, 0.29) is 4.90 Å². The highest BCUT2D eigenvalue weighted by Crippen LogP contribution is 2.31. The molecule has 0 aliphatic rings. The van der Waals surface area contributed by atoms with Crippen molar-refractivity contribution in [1.29, 1.82) is 0 Å². The standard InChI is InChI=1S/C9H8F3NO5S/c1-19(16,17)6-2-3-7(13(14)15)8(4-6)18-5-9(10,11)12/h2-4H,5H2,1H3. The van der Waals surface area contributed by atoms with E-state index in [0.29, 0.717) is 6.07 Å². The topological polar surface area (TPSA) is 86.5 Å². The molecule has 0 N–H and O–H groups in total. The smallest absolute Gasteiger partial charge is 0.422 e. The summed E-state index contributed by atoms with van der Waals surface area (Å²) in [6.07, 6.45) is -3.86. The zero-order chi connectivity index (χ0) is 14.8. The SMILES string of the molecule is CS(=O)(=O)c1ccc([N+](=O)[O-])c(OCC(F)(F)F)c1. The van der Waals surface area contributed by atoms with Crippen LogP contribution in [0.4, 0.5) is 18.9 Å². The van der Waals surface area contributed by atoms with Crippen LogP contribution in [0.3, 0.4) is 0 Å². The van der Waals surface area contributed by atoms with Gasteiger partial charge in [-0.15, -0.1) is 0 Å². The highest BCUT2D eigenvalue weighted by molar-refractivity contribution is 7.90. The lowest BCUT2D eigenvalue weighted by Gasteiger charge is -2.10. The first-order valence-electron chi connectivity index (χ1n) is 4.69. The number of alkyl halides is 3. The highest BCUT2D eigenvalue weighted by Gasteiger charge is 2.30. The van der Waals surface area contributed by atoms with Crippen molar-refractivity contribution < 1.29 is 31.2 Å². The third kappa shape index (κ3) is 4.39. The summed E-state index contributed by atoms with van der Waals surface area (Å²) in [6, 6.07) is 2.40. The van der Waals surface area contributed by atoms with E-state index in [2.05, 4.69) is 4.74 Å². The number of nitro groups is 1. The second-order valence-corrected chi connectivity index (χ2v) is 5.58. The van der Waals surface area contributed by atoms with Crippen molar-refractivity contribution in [1.82, 2.24) is 0 Å². The number of ether oxygens (including phenoxy) is 1. The normalized spacial score (nSPS) is 12.2. The van der Waals surface area contributed by atoms with Gasteiger partial charge in [-0.25, -0.2) is 8.42 Å². The number of nitrogens with zero attached hydrogens (tertiary/aromatic N) is 1. The molecule has 0 atom stereocenters. The number of hydrogen-bond donors (Lipinski definition) is 0. The molecule has 0 unspecified atom stereocenters. The van der Waals surface area contributed by atoms with Crippen LogP contribution in [-0.2, 0) is 9.84 Å². The Kier molecular flexibility index (Phi) is 4.03. The van der Waals surface area contributed by atoms with Gasteiger partial charge in [0.05, 0.1) is 9.82 Å². The third-order valence-corrected chi connectivity index (χ3v) is 3.06. The molecule has 0 aliphatic carbocycles. The van der Waals surface area contributed by atoms with Crippen molar-refractivity contribution in [2.24, 2.45) is 0 Å². The largest absolute Gasteiger partial charge is 0.477 e. The highest BCUT2D eigenvalue weighted by atomic mass is 32.2. The Morgan fingerprint density at radius 2 is 1.95 bits per heavy atom. The molecule has 0 aliphatic heterocycles. The zero-order valence-electron chi connectivity index (χ0n) is 9.47. The number of nitro benzene ring substituents is 1. The second-order valence-electron chi connectivity index (χ2n) is 3.56. The van der Waals surface area contributed by atoms with E-state index in [0.717, 1.165) is 18.4 Å². The maximum Gasteiger partial charge on any atom is 0.422 e. The van der Waals surface area contributed by atoms with Crippen molar-refractivity contribution in [2.75, 3.05) is 12.9 Å². The van der Waals surface area contributed by atoms with E-state index >= 15 is 0 Å². The Morgan fingerprint density at radius 3 is 2.37 bits per heavy atom. The van der Waals surface area contributed by atoms with Crippen molar-refractivity contribution in [3.8, 4) is 5.75 Å². The van der Waals surface area contributed by atoms with E-state index in [1.165, 1.54) is 0 Å². The van der Waals surface area contributed by atoms with E-state index in [1.807, 2.05) is 0 Å². The number of rotatable bonds is 4. The minimum absolute atomic E-state index is 0.365. The summed E-state index contributed by atoms with van der Waals surface area (Å²) in [6.45, 7) is -1.75. The first kappa shape index (κ1) is 15.2. The molecule has 0 heterocycles. The number of halogens is 3. The van der Waals surface area contributed by atoms with Gasteiger partial charge in [0, 0.05) is 18.4 Å². The molecule has 0 aromatic heterocycles. The third-order valence-electron chi connectivity index (χ3n) is 1.95. The molecule has 1 rings (SSSR count). The van der Waals surface area contributed by atoms with Crippen molar-refractivity contribution in [3.05, 3.63) is 28.3 Å². The first-order valence-corrected chi connectivity index (χ1v) is 6.58. The lowest BCUT2D eigenvalue weighted by atomic mass is 10.3. The Bertz CT molecular complexity index is 596.